The lowest BCUT2D eigenvalue weighted by molar-refractivity contribution is 0.0169. The number of para-hydroxylation sites is 1. The van der Waals surface area contributed by atoms with E-state index >= 15 is 0 Å². The van der Waals surface area contributed by atoms with Gasteiger partial charge in [0.15, 0.2) is 0 Å². The number of hydrogen-bond acceptors (Lipinski definition) is 2. The number of benzene rings is 1. The molecule has 1 spiro atoms. The van der Waals surface area contributed by atoms with Crippen LogP contribution in [0.25, 0.3) is 11.0 Å². The number of aromatic amines is 1. The Morgan fingerprint density at radius 1 is 1.35 bits per heavy atom. The summed E-state index contributed by atoms with van der Waals surface area (Å²) in [6, 6.07) is 5.66. The minimum Gasteiger partial charge on any atom is -0.340 e. The van der Waals surface area contributed by atoms with Gasteiger partial charge in [-0.15, -0.1) is 0 Å². The molecule has 1 saturated carbocycles. The minimum absolute atomic E-state index is 0.000788. The standard InChI is InChI=1S/C19H22F2N4O/c1-11-3-2-4-14-16(11)24-15(23-14)9-22-17(26)25-12-5-6-13(25)8-18(7-12)10-19(18,20)21/h2-4,12-13H,5-10H2,1H3,(H,22,26)(H,23,24). The summed E-state index contributed by atoms with van der Waals surface area (Å²) in [5, 5.41) is 2.92. The molecule has 2 saturated heterocycles. The fraction of sp³-hybridized carbons (Fsp3) is 0.579. The van der Waals surface area contributed by atoms with Gasteiger partial charge in [0.05, 0.1) is 17.6 Å². The number of nitrogens with one attached hydrogen (secondary N) is 2. The Kier molecular flexibility index (Phi) is 3.19. The number of H-pyrrole nitrogens is 1. The molecule has 1 aromatic carbocycles. The average Bonchev–Trinajstić information content (AvgIpc) is 2.90. The summed E-state index contributed by atoms with van der Waals surface area (Å²) in [6.45, 7) is 2.31. The van der Waals surface area contributed by atoms with Gasteiger partial charge in [0.25, 0.3) is 5.92 Å². The van der Waals surface area contributed by atoms with Crippen LogP contribution in [0.4, 0.5) is 13.6 Å². The number of urea groups is 1. The zero-order valence-corrected chi connectivity index (χ0v) is 14.7. The number of aryl methyl sites for hydroxylation is 1. The number of carbonyl (C=O) groups is 1. The van der Waals surface area contributed by atoms with Crippen LogP contribution in [0.3, 0.4) is 0 Å². The van der Waals surface area contributed by atoms with E-state index in [1.807, 2.05) is 30.0 Å². The third-order valence-electron chi connectivity index (χ3n) is 6.49. The van der Waals surface area contributed by atoms with Gasteiger partial charge in [-0.25, -0.2) is 18.6 Å². The second-order valence-electron chi connectivity index (χ2n) is 8.18. The number of piperidine rings is 1. The van der Waals surface area contributed by atoms with Gasteiger partial charge in [0.2, 0.25) is 0 Å². The largest absolute Gasteiger partial charge is 0.340 e. The van der Waals surface area contributed by atoms with E-state index in [1.165, 1.54) is 0 Å². The van der Waals surface area contributed by atoms with E-state index in [-0.39, 0.29) is 24.5 Å². The van der Waals surface area contributed by atoms with E-state index in [9.17, 15) is 13.6 Å². The second kappa shape index (κ2) is 5.18. The van der Waals surface area contributed by atoms with Gasteiger partial charge in [-0.3, -0.25) is 0 Å². The van der Waals surface area contributed by atoms with Crippen molar-refractivity contribution >= 4 is 17.1 Å². The van der Waals surface area contributed by atoms with E-state index < -0.39 is 11.3 Å². The first-order chi connectivity index (χ1) is 12.4. The van der Waals surface area contributed by atoms with Crippen LogP contribution >= 0.6 is 0 Å². The van der Waals surface area contributed by atoms with Crippen molar-refractivity contribution in [3.63, 3.8) is 0 Å². The molecular formula is C19H22F2N4O. The first-order valence-corrected chi connectivity index (χ1v) is 9.27. The second-order valence-corrected chi connectivity index (χ2v) is 8.18. The number of alkyl halides is 2. The Morgan fingerprint density at radius 3 is 2.65 bits per heavy atom. The number of carbonyl (C=O) groups excluding carboxylic acids is 1. The summed E-state index contributed by atoms with van der Waals surface area (Å²) >= 11 is 0. The molecule has 7 heteroatoms. The molecule has 2 unspecified atom stereocenters. The van der Waals surface area contributed by atoms with E-state index in [0.29, 0.717) is 25.2 Å². The third kappa shape index (κ3) is 2.25. The lowest BCUT2D eigenvalue weighted by atomic mass is 9.87. The van der Waals surface area contributed by atoms with Gasteiger partial charge in [0, 0.05) is 23.9 Å². The van der Waals surface area contributed by atoms with Crippen molar-refractivity contribution in [1.82, 2.24) is 20.2 Å². The van der Waals surface area contributed by atoms with E-state index in [2.05, 4.69) is 15.3 Å². The molecule has 1 aromatic heterocycles. The molecule has 2 amide bonds. The molecule has 3 heterocycles. The molecule has 2 atom stereocenters. The molecule has 2 N–H and O–H groups in total. The number of fused-ring (bicyclic) bond motifs is 3. The van der Waals surface area contributed by atoms with Crippen LogP contribution in [0.1, 0.15) is 43.5 Å². The quantitative estimate of drug-likeness (QED) is 0.857. The third-order valence-corrected chi connectivity index (χ3v) is 6.49. The first-order valence-electron chi connectivity index (χ1n) is 9.27. The van der Waals surface area contributed by atoms with Crippen LogP contribution in [-0.4, -0.2) is 38.9 Å². The smallest absolute Gasteiger partial charge is 0.318 e. The Bertz CT molecular complexity index is 879. The Balaban J connectivity index is 1.27. The predicted molar refractivity (Wildman–Crippen MR) is 92.9 cm³/mol. The summed E-state index contributed by atoms with van der Waals surface area (Å²) in [5.74, 6) is -1.82. The van der Waals surface area contributed by atoms with Crippen molar-refractivity contribution in [2.75, 3.05) is 0 Å². The number of hydrogen-bond donors (Lipinski definition) is 2. The van der Waals surface area contributed by atoms with Crippen LogP contribution in [0.15, 0.2) is 18.2 Å². The van der Waals surface area contributed by atoms with Gasteiger partial charge in [-0.1, -0.05) is 12.1 Å². The number of aromatic nitrogens is 2. The topological polar surface area (TPSA) is 61.0 Å². The molecule has 3 fully saturated rings. The van der Waals surface area contributed by atoms with E-state index in [0.717, 1.165) is 29.4 Å². The Morgan fingerprint density at radius 2 is 2.04 bits per heavy atom. The number of imidazole rings is 1. The van der Waals surface area contributed by atoms with Crippen molar-refractivity contribution in [2.24, 2.45) is 5.41 Å². The molecule has 2 aliphatic heterocycles. The average molecular weight is 360 g/mol. The number of nitrogens with zero attached hydrogens (tertiary/aromatic N) is 2. The van der Waals surface area contributed by atoms with Crippen LogP contribution in [0, 0.1) is 12.3 Å². The van der Waals surface area contributed by atoms with Gasteiger partial charge in [-0.05, 0) is 44.2 Å². The van der Waals surface area contributed by atoms with Crippen molar-refractivity contribution in [2.45, 2.75) is 63.6 Å². The maximum absolute atomic E-state index is 13.7. The van der Waals surface area contributed by atoms with Crippen LogP contribution < -0.4 is 5.32 Å². The summed E-state index contributed by atoms with van der Waals surface area (Å²) in [4.78, 5) is 22.3. The highest BCUT2D eigenvalue weighted by Gasteiger charge is 2.74. The number of amides is 2. The molecule has 2 aromatic rings. The molecule has 26 heavy (non-hydrogen) atoms. The highest BCUT2D eigenvalue weighted by molar-refractivity contribution is 5.79. The molecule has 3 aliphatic rings. The zero-order chi connectivity index (χ0) is 18.1. The van der Waals surface area contributed by atoms with Crippen LogP contribution in [0.2, 0.25) is 0 Å². The summed E-state index contributed by atoms with van der Waals surface area (Å²) in [7, 11) is 0. The molecule has 1 aliphatic carbocycles. The fourth-order valence-corrected chi connectivity index (χ4v) is 5.06. The van der Waals surface area contributed by atoms with Gasteiger partial charge in [-0.2, -0.15) is 0 Å². The SMILES string of the molecule is Cc1cccc2[nH]c(CNC(=O)N3C4CCC3CC3(C4)CC3(F)F)nc12. The highest BCUT2D eigenvalue weighted by Crippen LogP contribution is 2.69. The van der Waals surface area contributed by atoms with Gasteiger partial charge < -0.3 is 15.2 Å². The molecule has 138 valence electrons. The van der Waals surface area contributed by atoms with Crippen molar-refractivity contribution in [3.8, 4) is 0 Å². The van der Waals surface area contributed by atoms with Crippen molar-refractivity contribution in [1.29, 1.82) is 0 Å². The van der Waals surface area contributed by atoms with Gasteiger partial charge >= 0.3 is 6.03 Å². The maximum atomic E-state index is 13.7. The maximum Gasteiger partial charge on any atom is 0.318 e. The molecule has 5 rings (SSSR count). The molecule has 5 nitrogen and oxygen atoms in total. The summed E-state index contributed by atoms with van der Waals surface area (Å²) < 4.78 is 27.5. The number of halogens is 2. The van der Waals surface area contributed by atoms with Crippen molar-refractivity contribution in [3.05, 3.63) is 29.6 Å². The zero-order valence-electron chi connectivity index (χ0n) is 14.7. The predicted octanol–water partition coefficient (Wildman–Crippen LogP) is 3.73. The summed E-state index contributed by atoms with van der Waals surface area (Å²) in [6.07, 6.45) is 2.54. The van der Waals surface area contributed by atoms with Crippen LogP contribution in [0.5, 0.6) is 0 Å². The summed E-state index contributed by atoms with van der Waals surface area (Å²) in [5.41, 5.74) is 2.12. The molecule has 0 radical (unpaired) electrons. The lowest BCUT2D eigenvalue weighted by Crippen LogP contribution is -2.51. The van der Waals surface area contributed by atoms with Gasteiger partial charge in [0.1, 0.15) is 5.82 Å². The monoisotopic (exact) mass is 360 g/mol. The molecule has 2 bridgehead atoms. The van der Waals surface area contributed by atoms with Crippen molar-refractivity contribution < 1.29 is 13.6 Å². The minimum atomic E-state index is -2.53. The van der Waals surface area contributed by atoms with Crippen LogP contribution in [-0.2, 0) is 6.54 Å². The van der Waals surface area contributed by atoms with E-state index in [1.54, 1.807) is 0 Å². The Hall–Kier alpha value is -2.18. The first kappa shape index (κ1) is 16.0. The Labute approximate surface area is 150 Å². The van der Waals surface area contributed by atoms with E-state index in [4.69, 9.17) is 0 Å². The molecular weight excluding hydrogens is 338 g/mol. The highest BCUT2D eigenvalue weighted by atomic mass is 19.3. The normalized spacial score (nSPS) is 31.6. The number of rotatable bonds is 2. The lowest BCUT2D eigenvalue weighted by Gasteiger charge is -2.39. The fourth-order valence-electron chi connectivity index (χ4n) is 5.06.